The summed E-state index contributed by atoms with van der Waals surface area (Å²) in [7, 11) is 0. The molecule has 3 aromatic rings. The Labute approximate surface area is 133 Å². The monoisotopic (exact) mass is 311 g/mol. The Morgan fingerprint density at radius 2 is 2.09 bits per heavy atom. The fourth-order valence-corrected chi connectivity index (χ4v) is 3.63. The van der Waals surface area contributed by atoms with Crippen molar-refractivity contribution in [2.75, 3.05) is 18.4 Å². The average Bonchev–Trinajstić information content (AvgIpc) is 3.02. The Balaban J connectivity index is 1.70. The topological polar surface area (TPSA) is 62.7 Å². The van der Waals surface area contributed by atoms with Gasteiger partial charge in [-0.25, -0.2) is 9.97 Å². The molecule has 1 saturated heterocycles. The first-order chi connectivity index (χ1) is 10.9. The second-order valence-corrected chi connectivity index (χ2v) is 6.26. The average molecular weight is 311 g/mol. The molecule has 1 atom stereocenters. The molecule has 0 saturated carbocycles. The van der Waals surface area contributed by atoms with E-state index in [-0.39, 0.29) is 0 Å². The third kappa shape index (κ3) is 2.55. The summed E-state index contributed by atoms with van der Waals surface area (Å²) >= 11 is 1.47. The van der Waals surface area contributed by atoms with Crippen LogP contribution >= 0.6 is 11.5 Å². The van der Waals surface area contributed by atoms with E-state index in [9.17, 15) is 0 Å². The van der Waals surface area contributed by atoms with E-state index in [0.717, 1.165) is 40.4 Å². The number of fused-ring (bicyclic) bond motifs is 1. The van der Waals surface area contributed by atoms with Gasteiger partial charge < -0.3 is 10.6 Å². The number of piperidine rings is 1. The molecule has 4 rings (SSSR count). The van der Waals surface area contributed by atoms with Gasteiger partial charge in [-0.2, -0.15) is 4.37 Å². The van der Waals surface area contributed by atoms with Crippen LogP contribution < -0.4 is 10.6 Å². The molecule has 22 heavy (non-hydrogen) atoms. The van der Waals surface area contributed by atoms with Crippen LogP contribution in [0, 0.1) is 0 Å². The minimum atomic E-state index is 0.425. The van der Waals surface area contributed by atoms with Crippen molar-refractivity contribution in [1.29, 1.82) is 0 Å². The van der Waals surface area contributed by atoms with E-state index in [0.29, 0.717) is 6.04 Å². The van der Waals surface area contributed by atoms with Crippen LogP contribution in [0.25, 0.3) is 21.5 Å². The third-order valence-electron chi connectivity index (χ3n) is 3.94. The molecule has 1 aliphatic rings. The number of aromatic nitrogens is 3. The van der Waals surface area contributed by atoms with Crippen molar-refractivity contribution < 1.29 is 0 Å². The maximum absolute atomic E-state index is 4.60. The number of anilines is 1. The Morgan fingerprint density at radius 1 is 1.18 bits per heavy atom. The molecule has 112 valence electrons. The Hall–Kier alpha value is -2.05. The summed E-state index contributed by atoms with van der Waals surface area (Å²) in [4.78, 5) is 8.88. The lowest BCUT2D eigenvalue weighted by Crippen LogP contribution is -2.38. The van der Waals surface area contributed by atoms with E-state index >= 15 is 0 Å². The van der Waals surface area contributed by atoms with Gasteiger partial charge in [0.1, 0.15) is 28.1 Å². The maximum Gasteiger partial charge on any atom is 0.149 e. The van der Waals surface area contributed by atoms with Crippen molar-refractivity contribution in [3.8, 4) is 11.3 Å². The highest BCUT2D eigenvalue weighted by atomic mass is 32.1. The van der Waals surface area contributed by atoms with Gasteiger partial charge in [0.25, 0.3) is 0 Å². The minimum Gasteiger partial charge on any atom is -0.365 e. The summed E-state index contributed by atoms with van der Waals surface area (Å²) in [6, 6.07) is 10.6. The van der Waals surface area contributed by atoms with Gasteiger partial charge >= 0.3 is 0 Å². The lowest BCUT2D eigenvalue weighted by molar-refractivity contribution is 0.479. The molecular formula is C16H17N5S. The number of nitrogens with zero attached hydrogens (tertiary/aromatic N) is 3. The van der Waals surface area contributed by atoms with Crippen molar-refractivity contribution in [2.45, 2.75) is 18.9 Å². The van der Waals surface area contributed by atoms with Gasteiger partial charge in [0, 0.05) is 18.2 Å². The highest BCUT2D eigenvalue weighted by Crippen LogP contribution is 2.32. The van der Waals surface area contributed by atoms with Gasteiger partial charge in [0.15, 0.2) is 0 Å². The lowest BCUT2D eigenvalue weighted by atomic mass is 10.1. The first-order valence-electron chi connectivity index (χ1n) is 7.55. The first-order valence-corrected chi connectivity index (χ1v) is 8.32. The smallest absolute Gasteiger partial charge is 0.149 e. The van der Waals surface area contributed by atoms with E-state index < -0.39 is 0 Å². The zero-order chi connectivity index (χ0) is 14.8. The minimum absolute atomic E-state index is 0.425. The normalized spacial score (nSPS) is 18.5. The quantitative estimate of drug-likeness (QED) is 0.779. The highest BCUT2D eigenvalue weighted by molar-refractivity contribution is 7.14. The van der Waals surface area contributed by atoms with Crippen LogP contribution in [0.15, 0.2) is 36.7 Å². The predicted octanol–water partition coefficient (Wildman–Crippen LogP) is 2.92. The summed E-state index contributed by atoms with van der Waals surface area (Å²) in [5.41, 5.74) is 2.96. The van der Waals surface area contributed by atoms with Crippen molar-refractivity contribution in [3.05, 3.63) is 36.7 Å². The number of hydrogen-bond acceptors (Lipinski definition) is 6. The zero-order valence-corrected chi connectivity index (χ0v) is 12.9. The molecule has 0 aliphatic carbocycles. The van der Waals surface area contributed by atoms with Crippen molar-refractivity contribution >= 4 is 27.6 Å². The van der Waals surface area contributed by atoms with Gasteiger partial charge in [0.05, 0.1) is 0 Å². The van der Waals surface area contributed by atoms with Crippen LogP contribution in [0.4, 0.5) is 5.82 Å². The van der Waals surface area contributed by atoms with E-state index in [2.05, 4.69) is 37.1 Å². The standard InChI is InChI=1S/C16H17N5S/c1-2-5-11(6-3-1)13-14-15(22-21-13)16(19-10-18-14)20-12-7-4-8-17-9-12/h1-3,5-6,10,12,17H,4,7-9H2,(H,18,19,20). The molecule has 0 amide bonds. The van der Waals surface area contributed by atoms with Crippen molar-refractivity contribution in [1.82, 2.24) is 19.7 Å². The lowest BCUT2D eigenvalue weighted by Gasteiger charge is -2.24. The molecule has 3 heterocycles. The molecule has 1 fully saturated rings. The third-order valence-corrected chi connectivity index (χ3v) is 4.78. The summed E-state index contributed by atoms with van der Waals surface area (Å²) < 4.78 is 5.64. The van der Waals surface area contributed by atoms with Gasteiger partial charge in [-0.15, -0.1) is 0 Å². The summed E-state index contributed by atoms with van der Waals surface area (Å²) in [6.45, 7) is 2.09. The fraction of sp³-hybridized carbons (Fsp3) is 0.312. The van der Waals surface area contributed by atoms with Crippen molar-refractivity contribution in [3.63, 3.8) is 0 Å². The van der Waals surface area contributed by atoms with Gasteiger partial charge in [0.2, 0.25) is 0 Å². The predicted molar refractivity (Wildman–Crippen MR) is 90.2 cm³/mol. The number of hydrogen-bond donors (Lipinski definition) is 2. The second kappa shape index (κ2) is 5.98. The molecule has 0 spiro atoms. The largest absolute Gasteiger partial charge is 0.365 e. The number of benzene rings is 1. The van der Waals surface area contributed by atoms with Crippen LogP contribution in [0.1, 0.15) is 12.8 Å². The molecule has 6 heteroatoms. The molecule has 1 unspecified atom stereocenters. The summed E-state index contributed by atoms with van der Waals surface area (Å²) in [5, 5.41) is 6.96. The number of rotatable bonds is 3. The Bertz CT molecular complexity index is 765. The van der Waals surface area contributed by atoms with Gasteiger partial charge in [-0.3, -0.25) is 0 Å². The van der Waals surface area contributed by atoms with Crippen LogP contribution in [0.2, 0.25) is 0 Å². The van der Waals surface area contributed by atoms with Crippen LogP contribution in [0.5, 0.6) is 0 Å². The van der Waals surface area contributed by atoms with Gasteiger partial charge in [-0.1, -0.05) is 30.3 Å². The first kappa shape index (κ1) is 13.6. The zero-order valence-electron chi connectivity index (χ0n) is 12.1. The molecular weight excluding hydrogens is 294 g/mol. The number of nitrogens with one attached hydrogen (secondary N) is 2. The molecule has 2 aromatic heterocycles. The SMILES string of the molecule is c1ccc(-c2nsc3c(NC4CCCNC4)ncnc23)cc1. The van der Waals surface area contributed by atoms with E-state index in [1.54, 1.807) is 6.33 Å². The Morgan fingerprint density at radius 3 is 2.91 bits per heavy atom. The molecule has 5 nitrogen and oxygen atoms in total. The summed E-state index contributed by atoms with van der Waals surface area (Å²) in [6.07, 6.45) is 3.99. The highest BCUT2D eigenvalue weighted by Gasteiger charge is 2.17. The molecule has 2 N–H and O–H groups in total. The molecule has 0 radical (unpaired) electrons. The van der Waals surface area contributed by atoms with Crippen LogP contribution in [-0.2, 0) is 0 Å². The van der Waals surface area contributed by atoms with E-state index in [4.69, 9.17) is 0 Å². The van der Waals surface area contributed by atoms with E-state index in [1.165, 1.54) is 24.4 Å². The fourth-order valence-electron chi connectivity index (χ4n) is 2.82. The molecule has 0 bridgehead atoms. The van der Waals surface area contributed by atoms with Crippen molar-refractivity contribution in [2.24, 2.45) is 0 Å². The van der Waals surface area contributed by atoms with Crippen LogP contribution in [0.3, 0.4) is 0 Å². The van der Waals surface area contributed by atoms with Crippen LogP contribution in [-0.4, -0.2) is 33.5 Å². The maximum atomic E-state index is 4.60. The molecule has 1 aromatic carbocycles. The summed E-state index contributed by atoms with van der Waals surface area (Å²) in [5.74, 6) is 0.901. The van der Waals surface area contributed by atoms with Gasteiger partial charge in [-0.05, 0) is 30.9 Å². The van der Waals surface area contributed by atoms with E-state index in [1.807, 2.05) is 18.2 Å². The Kier molecular flexibility index (Phi) is 3.70. The second-order valence-electron chi connectivity index (χ2n) is 5.48. The molecule has 1 aliphatic heterocycles.